The van der Waals surface area contributed by atoms with Crippen LogP contribution in [0.25, 0.3) is 0 Å². The summed E-state index contributed by atoms with van der Waals surface area (Å²) in [5, 5.41) is 8.00. The summed E-state index contributed by atoms with van der Waals surface area (Å²) >= 11 is 1.44. The molecule has 2 unspecified atom stereocenters. The van der Waals surface area contributed by atoms with Crippen LogP contribution in [0.2, 0.25) is 0 Å². The molecule has 36 heavy (non-hydrogen) atoms. The van der Waals surface area contributed by atoms with Gasteiger partial charge < -0.3 is 20.7 Å². The number of aryl methyl sites for hydroxylation is 2. The normalized spacial score (nSPS) is 17.7. The van der Waals surface area contributed by atoms with E-state index in [0.717, 1.165) is 30.4 Å². The van der Waals surface area contributed by atoms with E-state index in [1.165, 1.54) is 16.4 Å². The Labute approximate surface area is 215 Å². The predicted molar refractivity (Wildman–Crippen MR) is 136 cm³/mol. The number of Topliss-reactive ketones (excluding diaryl/α,β-unsaturated/α-hetero) is 1. The number of carbonyl (C=O) groups excluding carboxylic acids is 4. The molecule has 0 saturated carbocycles. The zero-order valence-electron chi connectivity index (χ0n) is 20.7. The molecular weight excluding hydrogens is 480 g/mol. The Bertz CT molecular complexity index is 1040. The maximum absolute atomic E-state index is 13.2. The van der Waals surface area contributed by atoms with Crippen molar-refractivity contribution < 1.29 is 23.9 Å². The quantitative estimate of drug-likeness (QED) is 0.488. The lowest BCUT2D eigenvalue weighted by atomic mass is 9.98. The van der Waals surface area contributed by atoms with Crippen LogP contribution < -0.4 is 16.0 Å². The summed E-state index contributed by atoms with van der Waals surface area (Å²) in [6, 6.07) is 7.30. The third kappa shape index (κ3) is 8.44. The number of ether oxygens (including phenoxy) is 1. The number of nitrogens with zero attached hydrogens (tertiary/aromatic N) is 1. The van der Waals surface area contributed by atoms with E-state index in [0.29, 0.717) is 19.4 Å². The molecule has 2 aromatic rings. The maximum atomic E-state index is 13.2. The second-order valence-corrected chi connectivity index (χ2v) is 10.2. The van der Waals surface area contributed by atoms with Crippen molar-refractivity contribution in [1.82, 2.24) is 20.3 Å². The molecular formula is C26H34N4O5S. The lowest BCUT2D eigenvalue weighted by Crippen LogP contribution is -2.54. The first-order valence-corrected chi connectivity index (χ1v) is 13.1. The number of carbonyl (C=O) groups is 4. The first-order chi connectivity index (χ1) is 17.3. The van der Waals surface area contributed by atoms with E-state index in [2.05, 4.69) is 20.3 Å². The minimum Gasteiger partial charge on any atom is -0.445 e. The number of amides is 3. The number of fused-ring (bicyclic) bond motifs is 1. The number of alkyl carbamates (subject to hydrolysis) is 1. The highest BCUT2D eigenvalue weighted by atomic mass is 32.1. The van der Waals surface area contributed by atoms with Crippen LogP contribution >= 0.6 is 11.5 Å². The molecule has 2 atom stereocenters. The average Bonchev–Trinajstić information content (AvgIpc) is 3.30. The summed E-state index contributed by atoms with van der Waals surface area (Å²) in [5.74, 6) is -1.84. The van der Waals surface area contributed by atoms with E-state index < -0.39 is 35.8 Å². The van der Waals surface area contributed by atoms with Crippen LogP contribution in [0.15, 0.2) is 36.5 Å². The van der Waals surface area contributed by atoms with E-state index >= 15 is 0 Å². The summed E-state index contributed by atoms with van der Waals surface area (Å²) in [7, 11) is 0. The van der Waals surface area contributed by atoms with Crippen LogP contribution in [0.4, 0.5) is 4.79 Å². The molecule has 0 fully saturated rings. The van der Waals surface area contributed by atoms with Crippen molar-refractivity contribution >= 4 is 35.2 Å². The molecule has 194 valence electrons. The Morgan fingerprint density at radius 1 is 1.17 bits per heavy atom. The van der Waals surface area contributed by atoms with Crippen LogP contribution in [-0.2, 0) is 38.6 Å². The van der Waals surface area contributed by atoms with Crippen molar-refractivity contribution in [2.75, 3.05) is 6.54 Å². The molecule has 0 bridgehead atoms. The molecule has 3 N–H and O–H groups in total. The number of rotatable bonds is 7. The fourth-order valence-corrected chi connectivity index (χ4v) is 4.82. The molecule has 0 aliphatic carbocycles. The Balaban J connectivity index is 1.67. The number of ketones is 1. The van der Waals surface area contributed by atoms with E-state index in [1.54, 1.807) is 6.20 Å². The minimum absolute atomic E-state index is 0.0704. The van der Waals surface area contributed by atoms with Gasteiger partial charge in [0.25, 0.3) is 5.91 Å². The molecule has 2 heterocycles. The Hall–Kier alpha value is -3.27. The Kier molecular flexibility index (Phi) is 10.4. The largest absolute Gasteiger partial charge is 0.445 e. The molecule has 0 saturated heterocycles. The van der Waals surface area contributed by atoms with E-state index in [4.69, 9.17) is 4.74 Å². The lowest BCUT2D eigenvalue weighted by Gasteiger charge is -2.24. The smallest absolute Gasteiger partial charge is 0.408 e. The van der Waals surface area contributed by atoms with Crippen LogP contribution in [0, 0.1) is 5.92 Å². The standard InChI is InChI=1S/C26H34N4O5S/c1-17(2)14-21(30-26(34)35-16-18-8-4-3-5-9-18)24(32)29-20-12-11-19-15-28-36-22(19)10-6-7-13-27-25(33)23(20)31/h3-5,8-9,15,17,20-21H,6-7,10-14,16H2,1-2H3,(H,27,33)(H,29,32)(H,30,34). The van der Waals surface area contributed by atoms with Crippen molar-refractivity contribution in [1.29, 1.82) is 0 Å². The number of hydrogen-bond donors (Lipinski definition) is 3. The second kappa shape index (κ2) is 13.7. The highest BCUT2D eigenvalue weighted by Crippen LogP contribution is 2.19. The zero-order chi connectivity index (χ0) is 25.9. The molecule has 1 aliphatic heterocycles. The van der Waals surface area contributed by atoms with E-state index in [1.807, 2.05) is 44.2 Å². The third-order valence-electron chi connectivity index (χ3n) is 5.93. The van der Waals surface area contributed by atoms with Crippen molar-refractivity contribution in [3.05, 3.63) is 52.5 Å². The van der Waals surface area contributed by atoms with Gasteiger partial charge in [-0.1, -0.05) is 44.2 Å². The molecule has 10 heteroatoms. The van der Waals surface area contributed by atoms with Gasteiger partial charge in [-0.05, 0) is 67.1 Å². The van der Waals surface area contributed by atoms with Gasteiger partial charge in [0.15, 0.2) is 0 Å². The number of nitrogens with one attached hydrogen (secondary N) is 3. The van der Waals surface area contributed by atoms with Crippen molar-refractivity contribution in [2.45, 2.75) is 71.1 Å². The molecule has 9 nitrogen and oxygen atoms in total. The van der Waals surface area contributed by atoms with Crippen LogP contribution in [0.3, 0.4) is 0 Å². The average molecular weight is 515 g/mol. The van der Waals surface area contributed by atoms with Gasteiger partial charge in [-0.15, -0.1) is 0 Å². The number of benzene rings is 1. The summed E-state index contributed by atoms with van der Waals surface area (Å²) in [4.78, 5) is 52.2. The molecule has 1 aromatic carbocycles. The third-order valence-corrected chi connectivity index (χ3v) is 6.83. The van der Waals surface area contributed by atoms with Gasteiger partial charge in [0.1, 0.15) is 12.6 Å². The molecule has 1 aromatic heterocycles. The van der Waals surface area contributed by atoms with Crippen LogP contribution in [0.5, 0.6) is 0 Å². The fourth-order valence-electron chi connectivity index (χ4n) is 4.00. The van der Waals surface area contributed by atoms with E-state index in [-0.39, 0.29) is 18.9 Å². The topological polar surface area (TPSA) is 126 Å². The molecule has 0 radical (unpaired) electrons. The van der Waals surface area contributed by atoms with Crippen LogP contribution in [-0.4, -0.2) is 46.7 Å². The fraction of sp³-hybridized carbons (Fsp3) is 0.500. The lowest BCUT2D eigenvalue weighted by molar-refractivity contribution is -0.140. The van der Waals surface area contributed by atoms with Gasteiger partial charge in [0.05, 0.1) is 6.04 Å². The highest BCUT2D eigenvalue weighted by molar-refractivity contribution is 7.05. The minimum atomic E-state index is -1.01. The monoisotopic (exact) mass is 514 g/mol. The summed E-state index contributed by atoms with van der Waals surface area (Å²) in [6.45, 7) is 4.32. The number of aromatic nitrogens is 1. The Morgan fingerprint density at radius 2 is 1.94 bits per heavy atom. The maximum Gasteiger partial charge on any atom is 0.408 e. The number of hydrogen-bond acceptors (Lipinski definition) is 7. The summed E-state index contributed by atoms with van der Waals surface area (Å²) in [5.41, 5.74) is 1.86. The zero-order valence-corrected chi connectivity index (χ0v) is 21.6. The SMILES string of the molecule is CC(C)CC(NC(=O)OCc1ccccc1)C(=O)NC1CCc2cnsc2CCCCNC(=O)C1=O. The summed E-state index contributed by atoms with van der Waals surface area (Å²) < 4.78 is 9.55. The predicted octanol–water partition coefficient (Wildman–Crippen LogP) is 2.92. The van der Waals surface area contributed by atoms with Crippen LogP contribution in [0.1, 0.15) is 55.5 Å². The van der Waals surface area contributed by atoms with Gasteiger partial charge in [-0.3, -0.25) is 14.4 Å². The molecule has 1 aliphatic rings. The first-order valence-electron chi connectivity index (χ1n) is 12.4. The van der Waals surface area contributed by atoms with Gasteiger partial charge in [0.2, 0.25) is 11.7 Å². The van der Waals surface area contributed by atoms with Gasteiger partial charge in [0, 0.05) is 17.6 Å². The van der Waals surface area contributed by atoms with Gasteiger partial charge in [-0.2, -0.15) is 0 Å². The summed E-state index contributed by atoms with van der Waals surface area (Å²) in [6.07, 6.45) is 4.70. The Morgan fingerprint density at radius 3 is 2.69 bits per heavy atom. The van der Waals surface area contributed by atoms with Crippen molar-refractivity contribution in [3.63, 3.8) is 0 Å². The first kappa shape index (κ1) is 27.3. The molecule has 3 amide bonds. The molecule has 0 spiro atoms. The molecule has 3 rings (SSSR count). The highest BCUT2D eigenvalue weighted by Gasteiger charge is 2.31. The van der Waals surface area contributed by atoms with Gasteiger partial charge in [-0.25, -0.2) is 9.17 Å². The van der Waals surface area contributed by atoms with Crippen molar-refractivity contribution in [3.8, 4) is 0 Å². The second-order valence-electron chi connectivity index (χ2n) is 9.34. The van der Waals surface area contributed by atoms with Gasteiger partial charge >= 0.3 is 6.09 Å². The van der Waals surface area contributed by atoms with Crippen molar-refractivity contribution in [2.24, 2.45) is 5.92 Å². The van der Waals surface area contributed by atoms with E-state index in [9.17, 15) is 19.2 Å².